The summed E-state index contributed by atoms with van der Waals surface area (Å²) in [6.07, 6.45) is 4.37. The maximum absolute atomic E-state index is 13.2. The van der Waals surface area contributed by atoms with Gasteiger partial charge >= 0.3 is 0 Å². The minimum absolute atomic E-state index is 0.0239. The Balaban J connectivity index is 1.07. The SMILES string of the molecule is O=C(C1CC(=O)N(c2ccc3c(c2)OCCO3)C1)N1CCC(c2nc(C3CC3)n[nH]2)CC1. The van der Waals surface area contributed by atoms with Crippen LogP contribution in [0.2, 0.25) is 0 Å². The van der Waals surface area contributed by atoms with Crippen molar-refractivity contribution < 1.29 is 19.1 Å². The van der Waals surface area contributed by atoms with E-state index in [4.69, 9.17) is 9.47 Å². The van der Waals surface area contributed by atoms with E-state index < -0.39 is 0 Å². The summed E-state index contributed by atoms with van der Waals surface area (Å²) in [6.45, 7) is 2.82. The van der Waals surface area contributed by atoms with E-state index in [-0.39, 0.29) is 24.2 Å². The Labute approximate surface area is 186 Å². The van der Waals surface area contributed by atoms with E-state index in [9.17, 15) is 9.59 Å². The number of hydrogen-bond acceptors (Lipinski definition) is 6. The van der Waals surface area contributed by atoms with E-state index in [0.29, 0.717) is 56.2 Å². The second-order valence-electron chi connectivity index (χ2n) is 9.19. The largest absolute Gasteiger partial charge is 0.486 e. The van der Waals surface area contributed by atoms with Crippen molar-refractivity contribution in [3.8, 4) is 11.5 Å². The monoisotopic (exact) mass is 437 g/mol. The molecule has 6 rings (SSSR count). The van der Waals surface area contributed by atoms with Crippen LogP contribution in [-0.2, 0) is 9.59 Å². The highest BCUT2D eigenvalue weighted by atomic mass is 16.6. The van der Waals surface area contributed by atoms with Crippen LogP contribution in [0.15, 0.2) is 18.2 Å². The molecule has 2 amide bonds. The Morgan fingerprint density at radius 3 is 2.59 bits per heavy atom. The number of amides is 2. The van der Waals surface area contributed by atoms with Gasteiger partial charge in [-0.05, 0) is 37.8 Å². The van der Waals surface area contributed by atoms with Crippen LogP contribution in [0.25, 0.3) is 0 Å². The van der Waals surface area contributed by atoms with Crippen LogP contribution in [0.1, 0.15) is 55.6 Å². The fraction of sp³-hybridized carbons (Fsp3) is 0.565. The molecule has 3 fully saturated rings. The van der Waals surface area contributed by atoms with Gasteiger partial charge in [0.1, 0.15) is 19.0 Å². The number of ether oxygens (including phenoxy) is 2. The molecule has 2 saturated heterocycles. The number of aromatic nitrogens is 3. The van der Waals surface area contributed by atoms with Gasteiger partial charge in [0.05, 0.1) is 5.92 Å². The van der Waals surface area contributed by atoms with Crippen LogP contribution < -0.4 is 14.4 Å². The lowest BCUT2D eigenvalue weighted by molar-refractivity contribution is -0.136. The highest BCUT2D eigenvalue weighted by Gasteiger charge is 2.39. The summed E-state index contributed by atoms with van der Waals surface area (Å²) >= 11 is 0. The summed E-state index contributed by atoms with van der Waals surface area (Å²) in [7, 11) is 0. The molecule has 4 heterocycles. The standard InChI is InChI=1S/C23H27N5O4/c29-20-11-16(13-28(20)17-3-4-18-19(12-17)32-10-9-31-18)23(30)27-7-5-15(6-8-27)22-24-21(25-26-22)14-1-2-14/h3-4,12,14-16H,1-2,5-11,13H2,(H,24,25,26). The lowest BCUT2D eigenvalue weighted by Crippen LogP contribution is -2.42. The van der Waals surface area contributed by atoms with Crippen molar-refractivity contribution in [2.24, 2.45) is 5.92 Å². The molecule has 1 N–H and O–H groups in total. The Hall–Kier alpha value is -3.10. The number of nitrogens with zero attached hydrogens (tertiary/aromatic N) is 4. The third-order valence-electron chi connectivity index (χ3n) is 6.97. The first-order valence-electron chi connectivity index (χ1n) is 11.6. The minimum Gasteiger partial charge on any atom is -0.486 e. The summed E-state index contributed by atoms with van der Waals surface area (Å²) in [4.78, 5) is 34.2. The molecule has 32 heavy (non-hydrogen) atoms. The molecule has 0 spiro atoms. The van der Waals surface area contributed by atoms with E-state index in [1.165, 1.54) is 12.8 Å². The van der Waals surface area contributed by atoms with Crippen molar-refractivity contribution in [2.45, 2.75) is 43.9 Å². The predicted octanol–water partition coefficient (Wildman–Crippen LogP) is 2.21. The molecule has 0 bridgehead atoms. The number of fused-ring (bicyclic) bond motifs is 1. The maximum atomic E-state index is 13.2. The molecule has 4 aliphatic rings. The van der Waals surface area contributed by atoms with Gasteiger partial charge in [0.2, 0.25) is 11.8 Å². The van der Waals surface area contributed by atoms with Gasteiger partial charge in [-0.15, -0.1) is 0 Å². The average Bonchev–Trinajstić information content (AvgIpc) is 3.43. The maximum Gasteiger partial charge on any atom is 0.228 e. The lowest BCUT2D eigenvalue weighted by Gasteiger charge is -2.32. The van der Waals surface area contributed by atoms with Gasteiger partial charge < -0.3 is 19.3 Å². The van der Waals surface area contributed by atoms with Crippen molar-refractivity contribution in [3.63, 3.8) is 0 Å². The number of piperidine rings is 1. The third kappa shape index (κ3) is 3.59. The number of carbonyl (C=O) groups excluding carboxylic acids is 2. The minimum atomic E-state index is -0.306. The van der Waals surface area contributed by atoms with Gasteiger partial charge in [-0.2, -0.15) is 5.10 Å². The average molecular weight is 438 g/mol. The molecule has 1 unspecified atom stereocenters. The van der Waals surface area contributed by atoms with Crippen molar-refractivity contribution in [1.82, 2.24) is 20.1 Å². The molecule has 9 heteroatoms. The highest BCUT2D eigenvalue weighted by Crippen LogP contribution is 2.39. The first-order valence-corrected chi connectivity index (χ1v) is 11.6. The van der Waals surface area contributed by atoms with Crippen molar-refractivity contribution in [1.29, 1.82) is 0 Å². The van der Waals surface area contributed by atoms with Gasteiger partial charge in [-0.1, -0.05) is 0 Å². The molecule has 168 valence electrons. The van der Waals surface area contributed by atoms with Crippen molar-refractivity contribution in [3.05, 3.63) is 29.8 Å². The summed E-state index contributed by atoms with van der Waals surface area (Å²) in [5.74, 6) is 3.85. The van der Waals surface area contributed by atoms with Crippen molar-refractivity contribution >= 4 is 17.5 Å². The fourth-order valence-electron chi connectivity index (χ4n) is 4.95. The summed E-state index contributed by atoms with van der Waals surface area (Å²) in [5.41, 5.74) is 0.755. The second kappa shape index (κ2) is 7.79. The van der Waals surface area contributed by atoms with Crippen LogP contribution in [-0.4, -0.2) is 64.7 Å². The molecule has 1 atom stereocenters. The van der Waals surface area contributed by atoms with Crippen LogP contribution in [0.5, 0.6) is 11.5 Å². The topological polar surface area (TPSA) is 101 Å². The molecule has 1 aliphatic carbocycles. The van der Waals surface area contributed by atoms with Gasteiger partial charge in [0, 0.05) is 49.6 Å². The molecule has 2 aromatic rings. The normalized spacial score (nSPS) is 23.6. The van der Waals surface area contributed by atoms with Crippen molar-refractivity contribution in [2.75, 3.05) is 37.7 Å². The quantitative estimate of drug-likeness (QED) is 0.787. The van der Waals surface area contributed by atoms with Gasteiger partial charge in [0.25, 0.3) is 0 Å². The molecular weight excluding hydrogens is 410 g/mol. The summed E-state index contributed by atoms with van der Waals surface area (Å²) in [6, 6.07) is 5.52. The first-order chi connectivity index (χ1) is 15.7. The number of carbonyl (C=O) groups is 2. The predicted molar refractivity (Wildman–Crippen MR) is 115 cm³/mol. The number of H-pyrrole nitrogens is 1. The lowest BCUT2D eigenvalue weighted by atomic mass is 9.95. The molecule has 1 saturated carbocycles. The molecule has 9 nitrogen and oxygen atoms in total. The van der Waals surface area contributed by atoms with E-state index in [0.717, 1.165) is 30.2 Å². The number of aromatic amines is 1. The Morgan fingerprint density at radius 1 is 1.03 bits per heavy atom. The number of benzene rings is 1. The molecule has 1 aromatic carbocycles. The molecule has 0 radical (unpaired) electrons. The molecule has 1 aromatic heterocycles. The van der Waals surface area contributed by atoms with Crippen LogP contribution in [0, 0.1) is 5.92 Å². The number of nitrogens with one attached hydrogen (secondary N) is 1. The van der Waals surface area contributed by atoms with E-state index in [1.807, 2.05) is 23.1 Å². The zero-order valence-corrected chi connectivity index (χ0v) is 18.0. The van der Waals surface area contributed by atoms with Gasteiger partial charge in [0.15, 0.2) is 17.3 Å². The number of hydrogen-bond donors (Lipinski definition) is 1. The molecule has 3 aliphatic heterocycles. The third-order valence-corrected chi connectivity index (χ3v) is 6.97. The summed E-state index contributed by atoms with van der Waals surface area (Å²) < 4.78 is 11.2. The zero-order chi connectivity index (χ0) is 21.7. The molecular formula is C23H27N5O4. The number of likely N-dealkylation sites (tertiary alicyclic amines) is 1. The Kier molecular flexibility index (Phi) is 4.77. The smallest absolute Gasteiger partial charge is 0.228 e. The van der Waals surface area contributed by atoms with Crippen LogP contribution >= 0.6 is 0 Å². The Morgan fingerprint density at radius 2 is 1.81 bits per heavy atom. The highest BCUT2D eigenvalue weighted by molar-refractivity contribution is 6.00. The first kappa shape index (κ1) is 19.6. The van der Waals surface area contributed by atoms with Crippen LogP contribution in [0.4, 0.5) is 5.69 Å². The van der Waals surface area contributed by atoms with Crippen LogP contribution in [0.3, 0.4) is 0 Å². The van der Waals surface area contributed by atoms with Gasteiger partial charge in [-0.3, -0.25) is 14.7 Å². The number of rotatable bonds is 4. The van der Waals surface area contributed by atoms with E-state index >= 15 is 0 Å². The zero-order valence-electron chi connectivity index (χ0n) is 18.0. The van der Waals surface area contributed by atoms with E-state index in [2.05, 4.69) is 15.2 Å². The summed E-state index contributed by atoms with van der Waals surface area (Å²) in [5, 5.41) is 7.48. The second-order valence-corrected chi connectivity index (χ2v) is 9.19. The fourth-order valence-corrected chi connectivity index (χ4v) is 4.95. The Bertz CT molecular complexity index is 1040. The van der Waals surface area contributed by atoms with E-state index in [1.54, 1.807) is 4.90 Å². The number of anilines is 1. The van der Waals surface area contributed by atoms with Gasteiger partial charge in [-0.25, -0.2) is 4.98 Å².